The summed E-state index contributed by atoms with van der Waals surface area (Å²) in [6, 6.07) is 0.623. The van der Waals surface area contributed by atoms with E-state index in [2.05, 4.69) is 24.5 Å². The molecule has 0 aromatic heterocycles. The molecule has 0 saturated heterocycles. The van der Waals surface area contributed by atoms with Gasteiger partial charge in [0.1, 0.15) is 0 Å². The molecular formula is C11H20N2O. The summed E-state index contributed by atoms with van der Waals surface area (Å²) in [5, 5.41) is 6.19. The second-order valence-electron chi connectivity index (χ2n) is 5.35. The molecule has 2 fully saturated rings. The second-order valence-corrected chi connectivity index (χ2v) is 5.35. The van der Waals surface area contributed by atoms with Crippen molar-refractivity contribution in [1.82, 2.24) is 10.6 Å². The van der Waals surface area contributed by atoms with E-state index >= 15 is 0 Å². The first kappa shape index (κ1) is 9.97. The smallest absolute Gasteiger partial charge is 0.233 e. The maximum Gasteiger partial charge on any atom is 0.233 e. The van der Waals surface area contributed by atoms with Crippen LogP contribution in [0.4, 0.5) is 0 Å². The van der Waals surface area contributed by atoms with Gasteiger partial charge in [-0.2, -0.15) is 0 Å². The van der Waals surface area contributed by atoms with Gasteiger partial charge >= 0.3 is 0 Å². The number of carbonyl (C=O) groups excluding carboxylic acids is 1. The number of amides is 1. The van der Waals surface area contributed by atoms with Gasteiger partial charge < -0.3 is 10.6 Å². The average Bonchev–Trinajstić information content (AvgIpc) is 2.97. The Morgan fingerprint density at radius 1 is 1.43 bits per heavy atom. The van der Waals surface area contributed by atoms with E-state index < -0.39 is 0 Å². The summed E-state index contributed by atoms with van der Waals surface area (Å²) in [5.74, 6) is 0.854. The van der Waals surface area contributed by atoms with Crippen LogP contribution in [0.15, 0.2) is 0 Å². The van der Waals surface area contributed by atoms with Crippen molar-refractivity contribution in [3.8, 4) is 0 Å². The number of rotatable bonds is 5. The topological polar surface area (TPSA) is 41.1 Å². The first-order chi connectivity index (χ1) is 6.58. The molecular weight excluding hydrogens is 176 g/mol. The Balaban J connectivity index is 1.54. The van der Waals surface area contributed by atoms with E-state index in [4.69, 9.17) is 0 Å². The van der Waals surface area contributed by atoms with Gasteiger partial charge in [-0.15, -0.1) is 0 Å². The highest BCUT2D eigenvalue weighted by molar-refractivity contribution is 5.78. The molecule has 3 heteroatoms. The number of nitrogens with one attached hydrogen (secondary N) is 2. The van der Waals surface area contributed by atoms with Crippen molar-refractivity contribution < 1.29 is 4.79 Å². The SMILES string of the molecule is CC1(C)CC1CNC(=O)CNC1CC1. The average molecular weight is 196 g/mol. The number of hydrogen-bond donors (Lipinski definition) is 2. The predicted octanol–water partition coefficient (Wildman–Crippen LogP) is 0.901. The Labute approximate surface area is 85.6 Å². The Hall–Kier alpha value is -0.570. The van der Waals surface area contributed by atoms with Crippen molar-refractivity contribution in [1.29, 1.82) is 0 Å². The van der Waals surface area contributed by atoms with Crippen LogP contribution in [0.1, 0.15) is 33.1 Å². The van der Waals surface area contributed by atoms with Crippen LogP contribution in [0, 0.1) is 11.3 Å². The highest BCUT2D eigenvalue weighted by Gasteiger charge is 2.45. The summed E-state index contributed by atoms with van der Waals surface area (Å²) < 4.78 is 0. The minimum Gasteiger partial charge on any atom is -0.355 e. The van der Waals surface area contributed by atoms with Gasteiger partial charge in [-0.05, 0) is 30.6 Å². The Kier molecular flexibility index (Phi) is 2.52. The molecule has 0 spiro atoms. The third kappa shape index (κ3) is 2.71. The lowest BCUT2D eigenvalue weighted by Crippen LogP contribution is -2.36. The first-order valence-corrected chi connectivity index (χ1v) is 5.58. The van der Waals surface area contributed by atoms with Gasteiger partial charge in [0.15, 0.2) is 0 Å². The monoisotopic (exact) mass is 196 g/mol. The molecule has 14 heavy (non-hydrogen) atoms. The lowest BCUT2D eigenvalue weighted by atomic mass is 10.1. The zero-order chi connectivity index (χ0) is 10.2. The van der Waals surface area contributed by atoms with E-state index in [1.54, 1.807) is 0 Å². The first-order valence-electron chi connectivity index (χ1n) is 5.58. The highest BCUT2D eigenvalue weighted by Crippen LogP contribution is 2.50. The molecule has 1 unspecified atom stereocenters. The summed E-state index contributed by atoms with van der Waals surface area (Å²) in [6.45, 7) is 5.87. The van der Waals surface area contributed by atoms with Crippen LogP contribution in [-0.4, -0.2) is 25.0 Å². The Bertz CT molecular complexity index is 233. The standard InChI is InChI=1S/C11H20N2O/c1-11(2)5-8(11)6-13-10(14)7-12-9-3-4-9/h8-9,12H,3-7H2,1-2H3,(H,13,14). The fraction of sp³-hybridized carbons (Fsp3) is 0.909. The van der Waals surface area contributed by atoms with E-state index in [9.17, 15) is 4.79 Å². The van der Waals surface area contributed by atoms with E-state index in [0.29, 0.717) is 23.9 Å². The molecule has 2 aliphatic rings. The van der Waals surface area contributed by atoms with Crippen LogP contribution in [-0.2, 0) is 4.79 Å². The van der Waals surface area contributed by atoms with E-state index in [1.807, 2.05) is 0 Å². The summed E-state index contributed by atoms with van der Waals surface area (Å²) in [6.07, 6.45) is 3.73. The molecule has 2 N–H and O–H groups in total. The lowest BCUT2D eigenvalue weighted by molar-refractivity contribution is -0.120. The van der Waals surface area contributed by atoms with Crippen molar-refractivity contribution in [2.24, 2.45) is 11.3 Å². The van der Waals surface area contributed by atoms with Gasteiger partial charge in [-0.3, -0.25) is 4.79 Å². The van der Waals surface area contributed by atoms with Gasteiger partial charge in [-0.1, -0.05) is 13.8 Å². The second kappa shape index (κ2) is 3.54. The third-order valence-electron chi connectivity index (χ3n) is 3.39. The van der Waals surface area contributed by atoms with Crippen LogP contribution in [0.2, 0.25) is 0 Å². The van der Waals surface area contributed by atoms with Gasteiger partial charge in [0, 0.05) is 12.6 Å². The van der Waals surface area contributed by atoms with Crippen LogP contribution in [0.3, 0.4) is 0 Å². The number of hydrogen-bond acceptors (Lipinski definition) is 2. The highest BCUT2D eigenvalue weighted by atomic mass is 16.1. The molecule has 0 aliphatic heterocycles. The zero-order valence-corrected chi connectivity index (χ0v) is 9.10. The van der Waals surface area contributed by atoms with Gasteiger partial charge in [0.2, 0.25) is 5.91 Å². The van der Waals surface area contributed by atoms with Crippen LogP contribution >= 0.6 is 0 Å². The van der Waals surface area contributed by atoms with Gasteiger partial charge in [-0.25, -0.2) is 0 Å². The van der Waals surface area contributed by atoms with Crippen LogP contribution < -0.4 is 10.6 Å². The fourth-order valence-electron chi connectivity index (χ4n) is 1.75. The molecule has 80 valence electrons. The molecule has 2 rings (SSSR count). The minimum absolute atomic E-state index is 0.152. The molecule has 0 heterocycles. The van der Waals surface area contributed by atoms with Crippen molar-refractivity contribution in [3.05, 3.63) is 0 Å². The lowest BCUT2D eigenvalue weighted by Gasteiger charge is -2.06. The van der Waals surface area contributed by atoms with Crippen molar-refractivity contribution in [3.63, 3.8) is 0 Å². The summed E-state index contributed by atoms with van der Waals surface area (Å²) in [4.78, 5) is 11.3. The quantitative estimate of drug-likeness (QED) is 0.686. The molecule has 1 atom stereocenters. The summed E-state index contributed by atoms with van der Waals surface area (Å²) >= 11 is 0. The third-order valence-corrected chi connectivity index (χ3v) is 3.39. The minimum atomic E-state index is 0.152. The molecule has 0 radical (unpaired) electrons. The van der Waals surface area contributed by atoms with Crippen LogP contribution in [0.5, 0.6) is 0 Å². The predicted molar refractivity (Wildman–Crippen MR) is 55.9 cm³/mol. The zero-order valence-electron chi connectivity index (χ0n) is 9.10. The van der Waals surface area contributed by atoms with Gasteiger partial charge in [0.05, 0.1) is 6.54 Å². The molecule has 0 aromatic carbocycles. The number of carbonyl (C=O) groups is 1. The summed E-state index contributed by atoms with van der Waals surface area (Å²) in [5.41, 5.74) is 0.469. The van der Waals surface area contributed by atoms with E-state index in [0.717, 1.165) is 6.54 Å². The molecule has 2 saturated carbocycles. The maximum absolute atomic E-state index is 11.3. The molecule has 0 aromatic rings. The normalized spacial score (nSPS) is 28.6. The Morgan fingerprint density at radius 3 is 2.57 bits per heavy atom. The van der Waals surface area contributed by atoms with Crippen molar-refractivity contribution in [2.75, 3.05) is 13.1 Å². The largest absolute Gasteiger partial charge is 0.355 e. The van der Waals surface area contributed by atoms with E-state index in [-0.39, 0.29) is 5.91 Å². The van der Waals surface area contributed by atoms with Crippen molar-refractivity contribution >= 4 is 5.91 Å². The van der Waals surface area contributed by atoms with Crippen molar-refractivity contribution in [2.45, 2.75) is 39.2 Å². The maximum atomic E-state index is 11.3. The Morgan fingerprint density at radius 2 is 2.07 bits per heavy atom. The molecule has 3 nitrogen and oxygen atoms in total. The molecule has 1 amide bonds. The molecule has 0 bridgehead atoms. The van der Waals surface area contributed by atoms with Crippen LogP contribution in [0.25, 0.3) is 0 Å². The fourth-order valence-corrected chi connectivity index (χ4v) is 1.75. The van der Waals surface area contributed by atoms with E-state index in [1.165, 1.54) is 19.3 Å². The molecule has 2 aliphatic carbocycles. The summed E-state index contributed by atoms with van der Waals surface area (Å²) in [7, 11) is 0. The van der Waals surface area contributed by atoms with Gasteiger partial charge in [0.25, 0.3) is 0 Å².